The monoisotopic (exact) mass is 224 g/mol. The number of hydrogen-bond acceptors (Lipinski definition) is 6. The maximum atomic E-state index is 10.8. The number of nitrogens with one attached hydrogen (secondary N) is 1. The van der Waals surface area contributed by atoms with Crippen molar-refractivity contribution < 1.29 is 9.66 Å². The maximum Gasteiger partial charge on any atom is 0.352 e. The van der Waals surface area contributed by atoms with E-state index in [9.17, 15) is 10.1 Å². The molecular formula is C9H12N4O3. The van der Waals surface area contributed by atoms with Crippen LogP contribution < -0.4 is 10.1 Å². The Morgan fingerprint density at radius 2 is 2.31 bits per heavy atom. The lowest BCUT2D eigenvalue weighted by Gasteiger charge is -2.06. The van der Waals surface area contributed by atoms with E-state index in [4.69, 9.17) is 4.74 Å². The minimum absolute atomic E-state index is 0.0539. The van der Waals surface area contributed by atoms with E-state index in [2.05, 4.69) is 21.9 Å². The highest BCUT2D eigenvalue weighted by molar-refractivity contribution is 5.48. The van der Waals surface area contributed by atoms with Gasteiger partial charge in [-0.15, -0.1) is 0 Å². The van der Waals surface area contributed by atoms with Gasteiger partial charge in [-0.25, -0.2) is 4.98 Å². The minimum atomic E-state index is -0.562. The van der Waals surface area contributed by atoms with Gasteiger partial charge in [-0.05, 0) is 6.92 Å². The van der Waals surface area contributed by atoms with Crippen molar-refractivity contribution in [2.75, 3.05) is 19.0 Å². The fourth-order valence-corrected chi connectivity index (χ4v) is 1.10. The highest BCUT2D eigenvalue weighted by Gasteiger charge is 2.23. The molecule has 0 aliphatic carbocycles. The molecule has 1 aromatic rings. The average molecular weight is 224 g/mol. The Morgan fingerprint density at radius 1 is 1.62 bits per heavy atom. The Labute approximate surface area is 92.3 Å². The van der Waals surface area contributed by atoms with Crippen LogP contribution in [-0.2, 0) is 0 Å². The molecular weight excluding hydrogens is 212 g/mol. The third-order valence-corrected chi connectivity index (χ3v) is 1.77. The molecule has 0 atom stereocenters. The van der Waals surface area contributed by atoms with Crippen LogP contribution in [0.3, 0.4) is 0 Å². The molecule has 0 saturated carbocycles. The number of aromatic nitrogens is 2. The SMILES string of the molecule is C=CCOc1nc(NC)nc(C)c1[N+](=O)[O-]. The molecule has 0 amide bonds. The first-order valence-corrected chi connectivity index (χ1v) is 4.54. The molecule has 0 bridgehead atoms. The van der Waals surface area contributed by atoms with Gasteiger partial charge in [0.05, 0.1) is 4.92 Å². The van der Waals surface area contributed by atoms with Gasteiger partial charge < -0.3 is 10.1 Å². The van der Waals surface area contributed by atoms with Crippen molar-refractivity contribution in [3.05, 3.63) is 28.5 Å². The molecule has 16 heavy (non-hydrogen) atoms. The van der Waals surface area contributed by atoms with E-state index >= 15 is 0 Å². The van der Waals surface area contributed by atoms with Gasteiger partial charge in [0.2, 0.25) is 5.95 Å². The summed E-state index contributed by atoms with van der Waals surface area (Å²) >= 11 is 0. The number of nitrogens with zero attached hydrogens (tertiary/aromatic N) is 3. The van der Waals surface area contributed by atoms with Crippen molar-refractivity contribution in [3.8, 4) is 5.88 Å². The van der Waals surface area contributed by atoms with Gasteiger partial charge in [0, 0.05) is 7.05 Å². The normalized spacial score (nSPS) is 9.62. The van der Waals surface area contributed by atoms with Crippen molar-refractivity contribution in [2.45, 2.75) is 6.92 Å². The molecule has 1 aromatic heterocycles. The first-order chi connectivity index (χ1) is 7.60. The molecule has 0 unspecified atom stereocenters. The number of anilines is 1. The van der Waals surface area contributed by atoms with Crippen LogP contribution in [0.1, 0.15) is 5.69 Å². The molecule has 0 saturated heterocycles. The molecule has 0 spiro atoms. The van der Waals surface area contributed by atoms with Crippen LogP contribution in [-0.4, -0.2) is 28.5 Å². The molecule has 0 aromatic carbocycles. The van der Waals surface area contributed by atoms with Crippen LogP contribution in [0.4, 0.5) is 11.6 Å². The third kappa shape index (κ3) is 2.44. The Bertz CT molecular complexity index is 419. The van der Waals surface area contributed by atoms with Crippen molar-refractivity contribution in [1.82, 2.24) is 9.97 Å². The van der Waals surface area contributed by atoms with Crippen molar-refractivity contribution in [1.29, 1.82) is 0 Å². The second-order valence-corrected chi connectivity index (χ2v) is 2.89. The Kier molecular flexibility index (Phi) is 3.76. The second-order valence-electron chi connectivity index (χ2n) is 2.89. The highest BCUT2D eigenvalue weighted by Crippen LogP contribution is 2.28. The van der Waals surface area contributed by atoms with Gasteiger partial charge in [0.25, 0.3) is 5.88 Å². The molecule has 7 heteroatoms. The Balaban J connectivity index is 3.22. The van der Waals surface area contributed by atoms with Crippen LogP contribution in [0.2, 0.25) is 0 Å². The van der Waals surface area contributed by atoms with Gasteiger partial charge in [-0.1, -0.05) is 12.7 Å². The minimum Gasteiger partial charge on any atom is -0.468 e. The van der Waals surface area contributed by atoms with E-state index in [1.165, 1.54) is 13.0 Å². The molecule has 0 aliphatic rings. The number of nitro groups is 1. The van der Waals surface area contributed by atoms with Crippen LogP contribution in [0.15, 0.2) is 12.7 Å². The van der Waals surface area contributed by atoms with Gasteiger partial charge >= 0.3 is 5.69 Å². The zero-order chi connectivity index (χ0) is 12.1. The summed E-state index contributed by atoms with van der Waals surface area (Å²) in [6.07, 6.45) is 1.49. The smallest absolute Gasteiger partial charge is 0.352 e. The van der Waals surface area contributed by atoms with E-state index in [0.717, 1.165) is 0 Å². The van der Waals surface area contributed by atoms with E-state index in [-0.39, 0.29) is 29.8 Å². The van der Waals surface area contributed by atoms with E-state index in [0.29, 0.717) is 0 Å². The Hall–Kier alpha value is -2.18. The number of ether oxygens (including phenoxy) is 1. The van der Waals surface area contributed by atoms with Crippen LogP contribution in [0, 0.1) is 17.0 Å². The zero-order valence-electron chi connectivity index (χ0n) is 9.06. The van der Waals surface area contributed by atoms with Crippen LogP contribution in [0.25, 0.3) is 0 Å². The maximum absolute atomic E-state index is 10.8. The average Bonchev–Trinajstić information content (AvgIpc) is 2.24. The lowest BCUT2D eigenvalue weighted by molar-refractivity contribution is -0.387. The molecule has 0 fully saturated rings. The fraction of sp³-hybridized carbons (Fsp3) is 0.333. The standard InChI is InChI=1S/C9H12N4O3/c1-4-5-16-8-7(13(14)15)6(2)11-9(10-3)12-8/h4H,1,5H2,2-3H3,(H,10,11,12). The van der Waals surface area contributed by atoms with E-state index in [1.54, 1.807) is 7.05 Å². The predicted octanol–water partition coefficient (Wildman–Crippen LogP) is 1.30. The molecule has 1 N–H and O–H groups in total. The second kappa shape index (κ2) is 5.06. The first-order valence-electron chi connectivity index (χ1n) is 4.54. The Morgan fingerprint density at radius 3 is 2.81 bits per heavy atom. The molecule has 1 rings (SSSR count). The van der Waals surface area contributed by atoms with E-state index < -0.39 is 4.92 Å². The summed E-state index contributed by atoms with van der Waals surface area (Å²) in [5.74, 6) is 0.226. The summed E-state index contributed by atoms with van der Waals surface area (Å²) < 4.78 is 5.12. The lowest BCUT2D eigenvalue weighted by atomic mass is 10.3. The molecule has 86 valence electrons. The summed E-state index contributed by atoms with van der Waals surface area (Å²) in [5, 5.41) is 13.5. The fourth-order valence-electron chi connectivity index (χ4n) is 1.10. The molecule has 1 heterocycles. The number of hydrogen-bond donors (Lipinski definition) is 1. The van der Waals surface area contributed by atoms with Gasteiger partial charge in [0.15, 0.2) is 0 Å². The van der Waals surface area contributed by atoms with Gasteiger partial charge in [-0.2, -0.15) is 4.98 Å². The topological polar surface area (TPSA) is 90.2 Å². The number of aryl methyl sites for hydroxylation is 1. The highest BCUT2D eigenvalue weighted by atomic mass is 16.6. The van der Waals surface area contributed by atoms with Crippen LogP contribution in [0.5, 0.6) is 5.88 Å². The third-order valence-electron chi connectivity index (χ3n) is 1.77. The first kappa shape index (κ1) is 11.9. The van der Waals surface area contributed by atoms with Crippen molar-refractivity contribution >= 4 is 11.6 Å². The number of rotatable bonds is 5. The summed E-state index contributed by atoms with van der Waals surface area (Å²) in [6, 6.07) is 0. The van der Waals surface area contributed by atoms with Crippen molar-refractivity contribution in [2.24, 2.45) is 0 Å². The molecule has 0 aliphatic heterocycles. The summed E-state index contributed by atoms with van der Waals surface area (Å²) in [6.45, 7) is 5.14. The quantitative estimate of drug-likeness (QED) is 0.460. The summed E-state index contributed by atoms with van der Waals surface area (Å²) in [5.41, 5.74) is 0.0317. The summed E-state index contributed by atoms with van der Waals surface area (Å²) in [7, 11) is 1.62. The zero-order valence-corrected chi connectivity index (χ0v) is 9.06. The van der Waals surface area contributed by atoms with Crippen molar-refractivity contribution in [3.63, 3.8) is 0 Å². The van der Waals surface area contributed by atoms with E-state index in [1.807, 2.05) is 0 Å². The van der Waals surface area contributed by atoms with Crippen LogP contribution >= 0.6 is 0 Å². The molecule has 7 nitrogen and oxygen atoms in total. The largest absolute Gasteiger partial charge is 0.468 e. The van der Waals surface area contributed by atoms with Gasteiger partial charge in [0.1, 0.15) is 12.3 Å². The molecule has 0 radical (unpaired) electrons. The summed E-state index contributed by atoms with van der Waals surface area (Å²) in [4.78, 5) is 18.0. The predicted molar refractivity (Wildman–Crippen MR) is 58.7 cm³/mol. The van der Waals surface area contributed by atoms with Gasteiger partial charge in [-0.3, -0.25) is 10.1 Å². The lowest BCUT2D eigenvalue weighted by Crippen LogP contribution is -2.07.